The predicted molar refractivity (Wildman–Crippen MR) is 130 cm³/mol. The summed E-state index contributed by atoms with van der Waals surface area (Å²) in [5, 5.41) is 15.7. The number of unbranched alkanes of at least 4 members (excludes halogenated alkanes) is 1. The maximum absolute atomic E-state index is 12.6. The van der Waals surface area contributed by atoms with Gasteiger partial charge < -0.3 is 21.0 Å². The normalized spacial score (nSPS) is 11.8. The molecule has 0 aliphatic rings. The van der Waals surface area contributed by atoms with E-state index < -0.39 is 0 Å². The highest BCUT2D eigenvalue weighted by Crippen LogP contribution is 2.27. The lowest BCUT2D eigenvalue weighted by molar-refractivity contribution is 0.243. The molecule has 0 aliphatic carbocycles. The largest absolute Gasteiger partial charge is 0.393 e. The highest BCUT2D eigenvalue weighted by molar-refractivity contribution is 6.09. The summed E-state index contributed by atoms with van der Waals surface area (Å²) in [7, 11) is 1.81. The molecule has 32 heavy (non-hydrogen) atoms. The second-order valence-corrected chi connectivity index (χ2v) is 7.76. The van der Waals surface area contributed by atoms with Crippen molar-refractivity contribution < 1.29 is 4.79 Å². The van der Waals surface area contributed by atoms with Crippen molar-refractivity contribution in [2.24, 2.45) is 0 Å². The molecule has 0 unspecified atom stereocenters. The maximum Gasteiger partial charge on any atom is 0.326 e. The van der Waals surface area contributed by atoms with E-state index in [0.717, 1.165) is 57.0 Å². The van der Waals surface area contributed by atoms with Crippen molar-refractivity contribution in [1.82, 2.24) is 25.2 Å². The van der Waals surface area contributed by atoms with Crippen LogP contribution in [0, 0.1) is 5.41 Å². The second kappa shape index (κ2) is 9.51. The van der Waals surface area contributed by atoms with Crippen LogP contribution in [-0.2, 0) is 6.42 Å². The van der Waals surface area contributed by atoms with Gasteiger partial charge in [-0.15, -0.1) is 0 Å². The first-order chi connectivity index (χ1) is 15.7. The van der Waals surface area contributed by atoms with Crippen molar-refractivity contribution in [3.05, 3.63) is 71.8 Å². The summed E-state index contributed by atoms with van der Waals surface area (Å²) in [5.41, 5.74) is 5.64. The number of fused-ring (bicyclic) bond motifs is 2. The minimum Gasteiger partial charge on any atom is -0.393 e. The molecule has 3 aromatic heterocycles. The van der Waals surface area contributed by atoms with Gasteiger partial charge in [0.05, 0.1) is 5.52 Å². The molecule has 4 aromatic rings. The smallest absolute Gasteiger partial charge is 0.326 e. The lowest BCUT2D eigenvalue weighted by atomic mass is 10.0. The fourth-order valence-electron chi connectivity index (χ4n) is 3.95. The predicted octanol–water partition coefficient (Wildman–Crippen LogP) is 4.68. The fraction of sp³-hybridized carbons (Fsp3) is 0.240. The van der Waals surface area contributed by atoms with E-state index in [9.17, 15) is 4.79 Å². The summed E-state index contributed by atoms with van der Waals surface area (Å²) in [6, 6.07) is 10.0. The van der Waals surface area contributed by atoms with Crippen LogP contribution < -0.4 is 10.6 Å². The number of hydrogen-bond acceptors (Lipinski definition) is 4. The van der Waals surface area contributed by atoms with Crippen molar-refractivity contribution >= 4 is 39.8 Å². The van der Waals surface area contributed by atoms with E-state index in [2.05, 4.69) is 39.7 Å². The second-order valence-electron chi connectivity index (χ2n) is 7.76. The van der Waals surface area contributed by atoms with Gasteiger partial charge in [-0.05, 0) is 35.7 Å². The number of allylic oxidation sites excluding steroid dienone is 1. The topological polar surface area (TPSA) is 98.6 Å². The van der Waals surface area contributed by atoms with Gasteiger partial charge >= 0.3 is 6.03 Å². The average Bonchev–Trinajstić information content (AvgIpc) is 3.42. The minimum atomic E-state index is -0.0953. The molecule has 4 N–H and O–H groups in total. The first-order valence-corrected chi connectivity index (χ1v) is 10.9. The Labute approximate surface area is 187 Å². The fourth-order valence-corrected chi connectivity index (χ4v) is 3.95. The number of hydrogen-bond donors (Lipinski definition) is 4. The molecular weight excluding hydrogens is 400 g/mol. The van der Waals surface area contributed by atoms with Gasteiger partial charge in [0.15, 0.2) is 0 Å². The molecule has 0 spiro atoms. The lowest BCUT2D eigenvalue weighted by Crippen LogP contribution is -2.28. The molecule has 1 aromatic carbocycles. The lowest BCUT2D eigenvalue weighted by Gasteiger charge is -2.08. The Morgan fingerprint density at radius 1 is 1.25 bits per heavy atom. The summed E-state index contributed by atoms with van der Waals surface area (Å²) >= 11 is 0. The number of carbonyl (C=O) groups is 1. The van der Waals surface area contributed by atoms with Crippen LogP contribution in [0.3, 0.4) is 0 Å². The number of aromatic amines is 1. The summed E-state index contributed by atoms with van der Waals surface area (Å²) in [6.07, 6.45) is 11.4. The molecule has 4 rings (SSSR count). The summed E-state index contributed by atoms with van der Waals surface area (Å²) < 4.78 is 1.68. The zero-order valence-electron chi connectivity index (χ0n) is 18.4. The Bertz CT molecular complexity index is 1300. The van der Waals surface area contributed by atoms with Gasteiger partial charge in [-0.1, -0.05) is 25.5 Å². The van der Waals surface area contributed by atoms with Gasteiger partial charge in [0, 0.05) is 72.9 Å². The SMILES string of the molecule is CCCCNC(=O)n1ccc2c(Cc3c[nH]c4ncc(/C(C=N)=C/NC)cc34)cccc21. The molecule has 0 saturated carbocycles. The Hall–Kier alpha value is -3.87. The van der Waals surface area contributed by atoms with Crippen LogP contribution in [0.25, 0.3) is 27.5 Å². The van der Waals surface area contributed by atoms with E-state index in [0.29, 0.717) is 13.0 Å². The number of carbonyl (C=O) groups excluding carboxylic acids is 1. The third kappa shape index (κ3) is 4.14. The van der Waals surface area contributed by atoms with Crippen molar-refractivity contribution in [3.63, 3.8) is 0 Å². The molecule has 164 valence electrons. The number of rotatable bonds is 8. The van der Waals surface area contributed by atoms with Crippen LogP contribution >= 0.6 is 0 Å². The Morgan fingerprint density at radius 2 is 2.12 bits per heavy atom. The third-order valence-electron chi connectivity index (χ3n) is 5.63. The van der Waals surface area contributed by atoms with E-state index >= 15 is 0 Å². The Morgan fingerprint density at radius 3 is 2.91 bits per heavy atom. The molecule has 0 atom stereocenters. The minimum absolute atomic E-state index is 0.0953. The van der Waals surface area contributed by atoms with Crippen LogP contribution in [0.4, 0.5) is 4.79 Å². The molecule has 7 heteroatoms. The van der Waals surface area contributed by atoms with Gasteiger partial charge in [0.2, 0.25) is 0 Å². The third-order valence-corrected chi connectivity index (χ3v) is 5.63. The molecule has 1 amide bonds. The van der Waals surface area contributed by atoms with E-state index in [4.69, 9.17) is 5.41 Å². The number of pyridine rings is 1. The molecule has 0 aliphatic heterocycles. The van der Waals surface area contributed by atoms with Crippen LogP contribution in [0.5, 0.6) is 0 Å². The highest BCUT2D eigenvalue weighted by Gasteiger charge is 2.13. The molecule has 0 radical (unpaired) electrons. The van der Waals surface area contributed by atoms with Crippen LogP contribution in [0.2, 0.25) is 0 Å². The zero-order chi connectivity index (χ0) is 22.5. The average molecular weight is 429 g/mol. The van der Waals surface area contributed by atoms with Crippen LogP contribution in [0.1, 0.15) is 36.5 Å². The Balaban J connectivity index is 1.67. The van der Waals surface area contributed by atoms with Crippen molar-refractivity contribution in [2.75, 3.05) is 13.6 Å². The summed E-state index contributed by atoms with van der Waals surface area (Å²) in [6.45, 7) is 2.79. The number of nitrogens with one attached hydrogen (secondary N) is 4. The van der Waals surface area contributed by atoms with Gasteiger partial charge in [-0.25, -0.2) is 9.78 Å². The Kier molecular flexibility index (Phi) is 6.35. The molecule has 0 bridgehead atoms. The maximum atomic E-state index is 12.6. The van der Waals surface area contributed by atoms with Gasteiger partial charge in [0.1, 0.15) is 5.65 Å². The van der Waals surface area contributed by atoms with Gasteiger partial charge in [-0.3, -0.25) is 4.57 Å². The molecule has 7 nitrogen and oxygen atoms in total. The van der Waals surface area contributed by atoms with Crippen LogP contribution in [0.15, 0.2) is 55.1 Å². The zero-order valence-corrected chi connectivity index (χ0v) is 18.4. The quantitative estimate of drug-likeness (QED) is 0.242. The van der Waals surface area contributed by atoms with E-state index in [1.807, 2.05) is 37.6 Å². The molecular formula is C25H28N6O. The van der Waals surface area contributed by atoms with Gasteiger partial charge in [-0.2, -0.15) is 0 Å². The van der Waals surface area contributed by atoms with Gasteiger partial charge in [0.25, 0.3) is 0 Å². The first kappa shape index (κ1) is 21.4. The van der Waals surface area contributed by atoms with Crippen LogP contribution in [-0.4, -0.2) is 40.4 Å². The molecule has 0 saturated heterocycles. The van der Waals surface area contributed by atoms with Crippen molar-refractivity contribution in [1.29, 1.82) is 5.41 Å². The number of nitrogens with zero attached hydrogens (tertiary/aromatic N) is 2. The number of amides is 1. The molecule has 3 heterocycles. The van der Waals surface area contributed by atoms with Crippen molar-refractivity contribution in [3.8, 4) is 0 Å². The summed E-state index contributed by atoms with van der Waals surface area (Å²) in [5.74, 6) is 0. The number of benzene rings is 1. The van der Waals surface area contributed by atoms with E-state index in [-0.39, 0.29) is 6.03 Å². The van der Waals surface area contributed by atoms with Crippen molar-refractivity contribution in [2.45, 2.75) is 26.2 Å². The standard InChI is InChI=1S/C25H28N6O/c1-3-4-9-28-25(32)31-10-8-21-17(6-5-7-23(21)31)11-19-16-30-24-22(19)12-18(15-29-24)20(13-26)14-27-2/h5-8,10,12-16,26-27H,3-4,9,11H2,1-2H3,(H,28,32)(H,29,30)/b20-14+,26-13?. The van der Waals surface area contributed by atoms with E-state index in [1.54, 1.807) is 17.0 Å². The first-order valence-electron chi connectivity index (χ1n) is 10.9. The summed E-state index contributed by atoms with van der Waals surface area (Å²) in [4.78, 5) is 20.4. The molecule has 0 fully saturated rings. The number of aromatic nitrogens is 3. The number of H-pyrrole nitrogens is 1. The monoisotopic (exact) mass is 428 g/mol. The van der Waals surface area contributed by atoms with E-state index in [1.165, 1.54) is 6.21 Å². The highest BCUT2D eigenvalue weighted by atomic mass is 16.2.